The smallest absolute Gasteiger partial charge is 0.205 e. The van der Waals surface area contributed by atoms with Gasteiger partial charge in [0.2, 0.25) is 4.21 Å². The quantitative estimate of drug-likeness (QED) is 0.626. The molecule has 0 heterocycles. The van der Waals surface area contributed by atoms with Crippen LogP contribution >= 0.6 is 11.6 Å². The zero-order valence-corrected chi connectivity index (χ0v) is 11.6. The summed E-state index contributed by atoms with van der Waals surface area (Å²) in [7, 11) is -3.64. The monoisotopic (exact) mass is 274 g/mol. The fraction of sp³-hybridized carbons (Fsp3) is 0.417. The number of aryl methyl sites for hydroxylation is 1. The summed E-state index contributed by atoms with van der Waals surface area (Å²) in [6.07, 6.45) is 0. The molecule has 0 aromatic heterocycles. The lowest BCUT2D eigenvalue weighted by molar-refractivity contribution is 0.0978. The van der Waals surface area contributed by atoms with Crippen LogP contribution in [0.5, 0.6) is 0 Å². The van der Waals surface area contributed by atoms with Crippen molar-refractivity contribution in [3.63, 3.8) is 0 Å². The van der Waals surface area contributed by atoms with E-state index in [4.69, 9.17) is 11.6 Å². The predicted molar refractivity (Wildman–Crippen MR) is 69.2 cm³/mol. The molecule has 0 saturated carbocycles. The summed E-state index contributed by atoms with van der Waals surface area (Å²) in [5, 5.41) is 0. The Kier molecular flexibility index (Phi) is 3.99. The third kappa shape index (κ3) is 2.69. The molecule has 0 saturated heterocycles. The molecule has 0 aliphatic rings. The molecule has 1 aromatic rings. The molecule has 0 aliphatic heterocycles. The Labute approximate surface area is 107 Å². The van der Waals surface area contributed by atoms with Gasteiger partial charge in [0.05, 0.1) is 0 Å². The fourth-order valence-corrected chi connectivity index (χ4v) is 2.75. The van der Waals surface area contributed by atoms with Crippen molar-refractivity contribution in [3.05, 3.63) is 35.4 Å². The van der Waals surface area contributed by atoms with Crippen LogP contribution in [0.4, 0.5) is 0 Å². The summed E-state index contributed by atoms with van der Waals surface area (Å²) in [6, 6.07) is 6.67. The molecule has 0 amide bonds. The standard InChI is InChI=1S/C12H15ClO3S/c1-4-17(15,16)12(3,13)11(14)10-7-5-9(2)6-8-10/h5-8H,4H2,1-3H3/t12-/m1/s1. The number of ketones is 1. The van der Waals surface area contributed by atoms with Crippen LogP contribution in [-0.4, -0.2) is 24.2 Å². The Hall–Kier alpha value is -0.870. The van der Waals surface area contributed by atoms with Gasteiger partial charge in [0.15, 0.2) is 15.6 Å². The Bertz CT molecular complexity index is 515. The van der Waals surface area contributed by atoms with Crippen LogP contribution in [0, 0.1) is 6.92 Å². The van der Waals surface area contributed by atoms with Crippen LogP contribution in [0.2, 0.25) is 0 Å². The number of carbonyl (C=O) groups is 1. The highest BCUT2D eigenvalue weighted by Crippen LogP contribution is 2.28. The SMILES string of the molecule is CCS(=O)(=O)[C@@](C)(Cl)C(=O)c1ccc(C)cc1. The number of sulfone groups is 1. The predicted octanol–water partition coefficient (Wildman–Crippen LogP) is 2.57. The second kappa shape index (κ2) is 4.78. The van der Waals surface area contributed by atoms with Crippen molar-refractivity contribution < 1.29 is 13.2 Å². The number of Topliss-reactive ketones (excluding diaryl/α,β-unsaturated/α-hetero) is 1. The second-order valence-electron chi connectivity index (χ2n) is 4.02. The first kappa shape index (κ1) is 14.2. The van der Waals surface area contributed by atoms with Crippen molar-refractivity contribution in [3.8, 4) is 0 Å². The first-order chi connectivity index (χ1) is 7.72. The van der Waals surface area contributed by atoms with E-state index in [9.17, 15) is 13.2 Å². The van der Waals surface area contributed by atoms with Crippen molar-refractivity contribution in [1.29, 1.82) is 0 Å². The molecule has 17 heavy (non-hydrogen) atoms. The maximum atomic E-state index is 12.1. The lowest BCUT2D eigenvalue weighted by atomic mass is 10.1. The molecule has 94 valence electrons. The van der Waals surface area contributed by atoms with E-state index < -0.39 is 19.8 Å². The molecular weight excluding hydrogens is 260 g/mol. The van der Waals surface area contributed by atoms with E-state index in [1.807, 2.05) is 6.92 Å². The van der Waals surface area contributed by atoms with E-state index in [-0.39, 0.29) is 5.75 Å². The van der Waals surface area contributed by atoms with Gasteiger partial charge >= 0.3 is 0 Å². The van der Waals surface area contributed by atoms with Gasteiger partial charge in [0.25, 0.3) is 0 Å². The molecule has 1 rings (SSSR count). The number of alkyl halides is 1. The average molecular weight is 275 g/mol. The third-order valence-electron chi connectivity index (χ3n) is 2.68. The van der Waals surface area contributed by atoms with E-state index in [2.05, 4.69) is 0 Å². The fourth-order valence-electron chi connectivity index (χ4n) is 1.38. The molecule has 0 bridgehead atoms. The molecule has 3 nitrogen and oxygen atoms in total. The topological polar surface area (TPSA) is 51.2 Å². The summed E-state index contributed by atoms with van der Waals surface area (Å²) >= 11 is 5.92. The van der Waals surface area contributed by atoms with E-state index >= 15 is 0 Å². The molecule has 0 spiro atoms. The van der Waals surface area contributed by atoms with Crippen LogP contribution in [0.3, 0.4) is 0 Å². The van der Waals surface area contributed by atoms with Crippen LogP contribution in [-0.2, 0) is 9.84 Å². The zero-order valence-electron chi connectivity index (χ0n) is 10.0. The Morgan fingerprint density at radius 3 is 2.18 bits per heavy atom. The zero-order chi connectivity index (χ0) is 13.3. The number of rotatable bonds is 4. The van der Waals surface area contributed by atoms with E-state index in [0.717, 1.165) is 5.56 Å². The van der Waals surface area contributed by atoms with Crippen LogP contribution in [0.15, 0.2) is 24.3 Å². The number of halogens is 1. The second-order valence-corrected chi connectivity index (χ2v) is 7.62. The van der Waals surface area contributed by atoms with E-state index in [1.165, 1.54) is 13.8 Å². The Balaban J connectivity index is 3.18. The van der Waals surface area contributed by atoms with Crippen molar-refractivity contribution in [2.45, 2.75) is 25.0 Å². The number of benzene rings is 1. The first-order valence-electron chi connectivity index (χ1n) is 5.25. The highest BCUT2D eigenvalue weighted by atomic mass is 35.5. The summed E-state index contributed by atoms with van der Waals surface area (Å²) in [5.41, 5.74) is 1.31. The minimum absolute atomic E-state index is 0.162. The molecular formula is C12H15ClO3S. The lowest BCUT2D eigenvalue weighted by Gasteiger charge is -2.20. The summed E-state index contributed by atoms with van der Waals surface area (Å²) in [4.78, 5) is 12.1. The minimum atomic E-state index is -3.64. The number of carbonyl (C=O) groups excluding carboxylic acids is 1. The highest BCUT2D eigenvalue weighted by molar-refractivity contribution is 7.95. The van der Waals surface area contributed by atoms with Crippen molar-refractivity contribution in [2.24, 2.45) is 0 Å². The maximum absolute atomic E-state index is 12.1. The van der Waals surface area contributed by atoms with Crippen molar-refractivity contribution >= 4 is 27.2 Å². The molecule has 1 atom stereocenters. The minimum Gasteiger partial charge on any atom is -0.291 e. The van der Waals surface area contributed by atoms with Crippen molar-refractivity contribution in [1.82, 2.24) is 0 Å². The van der Waals surface area contributed by atoms with Crippen molar-refractivity contribution in [2.75, 3.05) is 5.75 Å². The normalized spacial score (nSPS) is 15.3. The van der Waals surface area contributed by atoms with Gasteiger partial charge in [0.1, 0.15) is 0 Å². The van der Waals surface area contributed by atoms with Gasteiger partial charge in [-0.3, -0.25) is 4.79 Å². The van der Waals surface area contributed by atoms with Crippen LogP contribution in [0.1, 0.15) is 29.8 Å². The molecule has 0 N–H and O–H groups in total. The van der Waals surface area contributed by atoms with Gasteiger partial charge in [-0.25, -0.2) is 8.42 Å². The van der Waals surface area contributed by atoms with E-state index in [1.54, 1.807) is 24.3 Å². The molecule has 0 fully saturated rings. The van der Waals surface area contributed by atoms with Gasteiger partial charge in [-0.15, -0.1) is 0 Å². The van der Waals surface area contributed by atoms with Gasteiger partial charge in [-0.05, 0) is 13.8 Å². The van der Waals surface area contributed by atoms with Gasteiger partial charge in [-0.1, -0.05) is 48.4 Å². The number of hydrogen-bond donors (Lipinski definition) is 0. The van der Waals surface area contributed by atoms with Crippen LogP contribution < -0.4 is 0 Å². The van der Waals surface area contributed by atoms with Gasteiger partial charge in [-0.2, -0.15) is 0 Å². The third-order valence-corrected chi connectivity index (χ3v) is 5.67. The highest BCUT2D eigenvalue weighted by Gasteiger charge is 2.43. The summed E-state index contributed by atoms with van der Waals surface area (Å²) in [6.45, 7) is 4.59. The molecule has 0 radical (unpaired) electrons. The summed E-state index contributed by atoms with van der Waals surface area (Å²) in [5.74, 6) is -0.744. The summed E-state index contributed by atoms with van der Waals surface area (Å²) < 4.78 is 21.6. The Morgan fingerprint density at radius 2 is 1.76 bits per heavy atom. The molecule has 0 aliphatic carbocycles. The Morgan fingerprint density at radius 1 is 1.29 bits per heavy atom. The number of hydrogen-bond acceptors (Lipinski definition) is 3. The lowest BCUT2D eigenvalue weighted by Crippen LogP contribution is -2.39. The van der Waals surface area contributed by atoms with Gasteiger partial charge in [0, 0.05) is 11.3 Å². The van der Waals surface area contributed by atoms with Crippen LogP contribution in [0.25, 0.3) is 0 Å². The van der Waals surface area contributed by atoms with Gasteiger partial charge < -0.3 is 0 Å². The first-order valence-corrected chi connectivity index (χ1v) is 7.28. The largest absolute Gasteiger partial charge is 0.291 e. The molecule has 1 aromatic carbocycles. The molecule has 5 heteroatoms. The van der Waals surface area contributed by atoms with E-state index in [0.29, 0.717) is 5.56 Å². The molecule has 0 unspecified atom stereocenters. The maximum Gasteiger partial charge on any atom is 0.205 e. The average Bonchev–Trinajstić information content (AvgIpc) is 2.28.